The Morgan fingerprint density at radius 3 is 2.73 bits per heavy atom. The summed E-state index contributed by atoms with van der Waals surface area (Å²) in [5.74, 6) is 1.20. The summed E-state index contributed by atoms with van der Waals surface area (Å²) in [7, 11) is 0. The van der Waals surface area contributed by atoms with Crippen molar-refractivity contribution in [2.75, 3.05) is 16.8 Å². The van der Waals surface area contributed by atoms with Gasteiger partial charge in [0.15, 0.2) is 11.7 Å². The van der Waals surface area contributed by atoms with E-state index in [4.69, 9.17) is 4.42 Å². The standard InChI is InChI=1S/C24H25N3O3/c1-15-4-5-19(12-16(15)2)22-14-25-24(30-22)9-8-23(29)26-20-6-7-21-18(13-20)10-11-27(21)17(3)28/h4-7,12-14H,8-11H2,1-3H3,(H,26,29). The average Bonchev–Trinajstić information content (AvgIpc) is 3.35. The van der Waals surface area contributed by atoms with Gasteiger partial charge in [-0.25, -0.2) is 4.98 Å². The van der Waals surface area contributed by atoms with Crippen LogP contribution in [0.1, 0.15) is 35.9 Å². The van der Waals surface area contributed by atoms with Crippen molar-refractivity contribution in [3.63, 3.8) is 0 Å². The predicted molar refractivity (Wildman–Crippen MR) is 117 cm³/mol. The topological polar surface area (TPSA) is 75.4 Å². The minimum atomic E-state index is -0.0951. The van der Waals surface area contributed by atoms with E-state index in [1.165, 1.54) is 11.1 Å². The van der Waals surface area contributed by atoms with Crippen molar-refractivity contribution in [2.24, 2.45) is 0 Å². The number of nitrogens with zero attached hydrogens (tertiary/aromatic N) is 2. The molecule has 2 aromatic carbocycles. The van der Waals surface area contributed by atoms with Crippen LogP contribution in [0.4, 0.5) is 11.4 Å². The van der Waals surface area contributed by atoms with Crippen LogP contribution in [0.5, 0.6) is 0 Å². The average molecular weight is 403 g/mol. The maximum atomic E-state index is 12.4. The van der Waals surface area contributed by atoms with Crippen molar-refractivity contribution in [3.8, 4) is 11.3 Å². The number of aromatic nitrogens is 1. The molecule has 0 spiro atoms. The summed E-state index contributed by atoms with van der Waals surface area (Å²) in [4.78, 5) is 30.1. The summed E-state index contributed by atoms with van der Waals surface area (Å²) < 4.78 is 5.83. The molecular formula is C24H25N3O3. The summed E-state index contributed by atoms with van der Waals surface area (Å²) in [6.07, 6.45) is 3.22. The van der Waals surface area contributed by atoms with Crippen LogP contribution in [0, 0.1) is 13.8 Å². The largest absolute Gasteiger partial charge is 0.441 e. The number of nitrogens with one attached hydrogen (secondary N) is 1. The van der Waals surface area contributed by atoms with E-state index in [0.29, 0.717) is 24.6 Å². The van der Waals surface area contributed by atoms with Crippen LogP contribution >= 0.6 is 0 Å². The van der Waals surface area contributed by atoms with E-state index in [1.54, 1.807) is 18.0 Å². The lowest BCUT2D eigenvalue weighted by molar-refractivity contribution is -0.117. The Morgan fingerprint density at radius 1 is 1.13 bits per heavy atom. The Labute approximate surface area is 175 Å². The minimum absolute atomic E-state index is 0.0386. The third-order valence-electron chi connectivity index (χ3n) is 5.55. The maximum Gasteiger partial charge on any atom is 0.224 e. The fraction of sp³-hybridized carbons (Fsp3) is 0.292. The van der Waals surface area contributed by atoms with Crippen LogP contribution in [-0.4, -0.2) is 23.3 Å². The van der Waals surface area contributed by atoms with E-state index in [0.717, 1.165) is 28.9 Å². The number of hydrogen-bond donors (Lipinski definition) is 1. The van der Waals surface area contributed by atoms with Crippen molar-refractivity contribution in [3.05, 3.63) is 65.2 Å². The predicted octanol–water partition coefficient (Wildman–Crippen LogP) is 4.44. The first-order chi connectivity index (χ1) is 14.4. The molecule has 1 aliphatic heterocycles. The van der Waals surface area contributed by atoms with Gasteiger partial charge in [0, 0.05) is 43.2 Å². The molecule has 0 saturated carbocycles. The van der Waals surface area contributed by atoms with Gasteiger partial charge >= 0.3 is 0 Å². The second-order valence-corrected chi connectivity index (χ2v) is 7.73. The number of benzene rings is 2. The van der Waals surface area contributed by atoms with E-state index in [2.05, 4.69) is 36.3 Å². The quantitative estimate of drug-likeness (QED) is 0.683. The molecule has 0 fully saturated rings. The molecule has 1 aromatic heterocycles. The van der Waals surface area contributed by atoms with E-state index < -0.39 is 0 Å². The highest BCUT2D eigenvalue weighted by Crippen LogP contribution is 2.30. The smallest absolute Gasteiger partial charge is 0.224 e. The molecule has 0 radical (unpaired) electrons. The molecule has 0 saturated heterocycles. The third-order valence-corrected chi connectivity index (χ3v) is 5.55. The summed E-state index contributed by atoms with van der Waals surface area (Å²) in [6.45, 7) is 6.40. The van der Waals surface area contributed by atoms with Crippen LogP contribution in [-0.2, 0) is 22.4 Å². The molecule has 1 aliphatic rings. The molecule has 4 rings (SSSR count). The zero-order chi connectivity index (χ0) is 21.3. The number of anilines is 2. The zero-order valence-electron chi connectivity index (χ0n) is 17.5. The lowest BCUT2D eigenvalue weighted by Gasteiger charge is -2.15. The van der Waals surface area contributed by atoms with Crippen LogP contribution < -0.4 is 10.2 Å². The van der Waals surface area contributed by atoms with E-state index in [-0.39, 0.29) is 18.2 Å². The van der Waals surface area contributed by atoms with E-state index in [9.17, 15) is 9.59 Å². The highest BCUT2D eigenvalue weighted by Gasteiger charge is 2.22. The summed E-state index contributed by atoms with van der Waals surface area (Å²) >= 11 is 0. The Kier molecular flexibility index (Phi) is 5.40. The molecular weight excluding hydrogens is 378 g/mol. The lowest BCUT2D eigenvalue weighted by Crippen LogP contribution is -2.25. The molecule has 30 heavy (non-hydrogen) atoms. The van der Waals surface area contributed by atoms with Gasteiger partial charge in [-0.1, -0.05) is 12.1 Å². The maximum absolute atomic E-state index is 12.4. The minimum Gasteiger partial charge on any atom is -0.441 e. The second-order valence-electron chi connectivity index (χ2n) is 7.73. The fourth-order valence-corrected chi connectivity index (χ4v) is 3.70. The molecule has 0 atom stereocenters. The summed E-state index contributed by atoms with van der Waals surface area (Å²) in [6, 6.07) is 11.8. The third kappa shape index (κ3) is 4.13. The molecule has 6 nitrogen and oxygen atoms in total. The molecule has 0 unspecified atom stereocenters. The van der Waals surface area contributed by atoms with Crippen LogP contribution in [0.15, 0.2) is 47.0 Å². The van der Waals surface area contributed by atoms with Gasteiger partial charge in [-0.05, 0) is 61.2 Å². The number of oxazole rings is 1. The number of hydrogen-bond acceptors (Lipinski definition) is 4. The van der Waals surface area contributed by atoms with Gasteiger partial charge in [-0.2, -0.15) is 0 Å². The van der Waals surface area contributed by atoms with Crippen molar-refractivity contribution in [1.82, 2.24) is 4.98 Å². The lowest BCUT2D eigenvalue weighted by atomic mass is 10.1. The van der Waals surface area contributed by atoms with Crippen LogP contribution in [0.25, 0.3) is 11.3 Å². The summed E-state index contributed by atoms with van der Waals surface area (Å²) in [5.41, 5.74) is 6.17. The van der Waals surface area contributed by atoms with Gasteiger partial charge in [0.2, 0.25) is 11.8 Å². The number of carbonyl (C=O) groups excluding carboxylic acids is 2. The molecule has 3 aromatic rings. The second kappa shape index (κ2) is 8.14. The normalized spacial score (nSPS) is 12.7. The van der Waals surface area contributed by atoms with Gasteiger partial charge in [-0.15, -0.1) is 0 Å². The van der Waals surface area contributed by atoms with E-state index >= 15 is 0 Å². The Morgan fingerprint density at radius 2 is 1.97 bits per heavy atom. The summed E-state index contributed by atoms with van der Waals surface area (Å²) in [5, 5.41) is 2.93. The number of rotatable bonds is 5. The van der Waals surface area contributed by atoms with Gasteiger partial charge in [-0.3, -0.25) is 9.59 Å². The molecule has 2 heterocycles. The fourth-order valence-electron chi connectivity index (χ4n) is 3.70. The molecule has 1 N–H and O–H groups in total. The Balaban J connectivity index is 1.35. The van der Waals surface area contributed by atoms with Crippen molar-refractivity contribution >= 4 is 23.2 Å². The van der Waals surface area contributed by atoms with Gasteiger partial charge in [0.1, 0.15) is 0 Å². The number of aryl methyl sites for hydroxylation is 3. The van der Waals surface area contributed by atoms with Crippen LogP contribution in [0.2, 0.25) is 0 Å². The van der Waals surface area contributed by atoms with Gasteiger partial charge < -0.3 is 14.6 Å². The monoisotopic (exact) mass is 403 g/mol. The van der Waals surface area contributed by atoms with Crippen molar-refractivity contribution < 1.29 is 14.0 Å². The number of carbonyl (C=O) groups is 2. The van der Waals surface area contributed by atoms with Gasteiger partial charge in [0.25, 0.3) is 0 Å². The SMILES string of the molecule is CC(=O)N1CCc2cc(NC(=O)CCc3ncc(-c4ccc(C)c(C)c4)o3)ccc21. The highest BCUT2D eigenvalue weighted by atomic mass is 16.4. The van der Waals surface area contributed by atoms with Crippen LogP contribution in [0.3, 0.4) is 0 Å². The first kappa shape index (κ1) is 19.9. The molecule has 6 heteroatoms. The highest BCUT2D eigenvalue weighted by molar-refractivity contribution is 5.95. The number of fused-ring (bicyclic) bond motifs is 1. The van der Waals surface area contributed by atoms with Gasteiger partial charge in [0.05, 0.1) is 6.20 Å². The first-order valence-corrected chi connectivity index (χ1v) is 10.1. The van der Waals surface area contributed by atoms with E-state index in [1.807, 2.05) is 24.3 Å². The Hall–Kier alpha value is -3.41. The number of amides is 2. The Bertz CT molecular complexity index is 1120. The molecule has 154 valence electrons. The molecule has 2 amide bonds. The van der Waals surface area contributed by atoms with Crippen molar-refractivity contribution in [1.29, 1.82) is 0 Å². The molecule has 0 bridgehead atoms. The zero-order valence-corrected chi connectivity index (χ0v) is 17.5. The first-order valence-electron chi connectivity index (χ1n) is 10.1. The van der Waals surface area contributed by atoms with Crippen molar-refractivity contribution in [2.45, 2.75) is 40.0 Å². The molecule has 0 aliphatic carbocycles.